The Balaban J connectivity index is 0.000000673. The number of benzene rings is 1. The van der Waals surface area contributed by atoms with E-state index < -0.39 is 16.5 Å². The summed E-state index contributed by atoms with van der Waals surface area (Å²) in [5.41, 5.74) is 12.6. The monoisotopic (exact) mass is 443 g/mol. The Labute approximate surface area is 114 Å². The molecule has 0 saturated heterocycles. The SMILES string of the molecule is CC(N)(CN)CCc1ccccc1.[Cl][Pt][Cl]. The molecule has 0 heterocycles. The van der Waals surface area contributed by atoms with Gasteiger partial charge in [-0.1, -0.05) is 30.3 Å². The molecule has 0 radical (unpaired) electrons. The molecule has 4 N–H and O–H groups in total. The van der Waals surface area contributed by atoms with Crippen molar-refractivity contribution in [3.63, 3.8) is 0 Å². The Morgan fingerprint density at radius 3 is 2.19 bits per heavy atom. The Kier molecular flexibility index (Phi) is 9.68. The van der Waals surface area contributed by atoms with Crippen LogP contribution in [0.25, 0.3) is 0 Å². The third-order valence-corrected chi connectivity index (χ3v) is 2.29. The van der Waals surface area contributed by atoms with Gasteiger partial charge in [0, 0.05) is 12.1 Å². The van der Waals surface area contributed by atoms with Crippen LogP contribution in [0, 0.1) is 0 Å². The normalized spacial score (nSPS) is 13.8. The average molecular weight is 444 g/mol. The second-order valence-corrected chi connectivity index (χ2v) is 7.17. The molecule has 2 nitrogen and oxygen atoms in total. The molecule has 1 atom stereocenters. The molecule has 0 aliphatic carbocycles. The standard InChI is InChI=1S/C11H18N2.2ClH.Pt/c1-11(13,9-12)8-7-10-5-3-2-4-6-10;;;/h2-6H,7-9,12-13H2,1H3;2*1H;/q;;;+2/p-2. The minimum atomic E-state index is -0.472. The van der Waals surface area contributed by atoms with Gasteiger partial charge in [0.2, 0.25) is 0 Å². The summed E-state index contributed by atoms with van der Waals surface area (Å²) in [6.07, 6.45) is 1.94. The first-order valence-electron chi connectivity index (χ1n) is 4.91. The van der Waals surface area contributed by atoms with Crippen LogP contribution in [0.2, 0.25) is 0 Å². The van der Waals surface area contributed by atoms with Crippen LogP contribution in [0.4, 0.5) is 0 Å². The van der Waals surface area contributed by atoms with Crippen LogP contribution in [-0.2, 0) is 22.9 Å². The van der Waals surface area contributed by atoms with Crippen molar-refractivity contribution in [2.24, 2.45) is 11.5 Å². The van der Waals surface area contributed by atoms with Crippen molar-refractivity contribution in [3.8, 4) is 0 Å². The Morgan fingerprint density at radius 1 is 1.25 bits per heavy atom. The van der Waals surface area contributed by atoms with Gasteiger partial charge in [-0.3, -0.25) is 0 Å². The van der Waals surface area contributed by atoms with Gasteiger partial charge in [0.05, 0.1) is 0 Å². The van der Waals surface area contributed by atoms with E-state index in [9.17, 15) is 0 Å². The minimum absolute atomic E-state index is 0.226. The van der Waals surface area contributed by atoms with Gasteiger partial charge in [-0.25, -0.2) is 0 Å². The molecular formula is C11H18Cl2N2Pt. The predicted octanol–water partition coefficient (Wildman–Crippen LogP) is 2.67. The number of rotatable bonds is 4. The number of hydrogen-bond donors (Lipinski definition) is 2. The zero-order chi connectivity index (χ0) is 12.4. The number of halogens is 2. The first kappa shape index (κ1) is 16.4. The molecule has 0 aliphatic rings. The molecular weight excluding hydrogens is 426 g/mol. The van der Waals surface area contributed by atoms with Gasteiger partial charge in [0.25, 0.3) is 0 Å². The van der Waals surface area contributed by atoms with Gasteiger partial charge in [-0.05, 0) is 25.3 Å². The quantitative estimate of drug-likeness (QED) is 0.751. The summed E-state index contributed by atoms with van der Waals surface area (Å²) in [7, 11) is 9.75. The number of nitrogens with two attached hydrogens (primary N) is 2. The Morgan fingerprint density at radius 2 is 1.75 bits per heavy atom. The van der Waals surface area contributed by atoms with Gasteiger partial charge in [-0.15, -0.1) is 0 Å². The average Bonchev–Trinajstić information content (AvgIpc) is 2.29. The molecule has 1 aromatic carbocycles. The third kappa shape index (κ3) is 8.55. The van der Waals surface area contributed by atoms with E-state index in [-0.39, 0.29) is 5.54 Å². The molecule has 0 aromatic heterocycles. The van der Waals surface area contributed by atoms with Crippen molar-refractivity contribution in [2.75, 3.05) is 6.54 Å². The van der Waals surface area contributed by atoms with Gasteiger partial charge < -0.3 is 11.5 Å². The third-order valence-electron chi connectivity index (χ3n) is 2.29. The molecule has 0 fully saturated rings. The summed E-state index contributed by atoms with van der Waals surface area (Å²) in [5, 5.41) is 0. The van der Waals surface area contributed by atoms with Gasteiger partial charge in [0.15, 0.2) is 0 Å². The van der Waals surface area contributed by atoms with E-state index >= 15 is 0 Å². The van der Waals surface area contributed by atoms with Crippen LogP contribution in [0.5, 0.6) is 0 Å². The molecule has 1 rings (SSSR count). The summed E-state index contributed by atoms with van der Waals surface area (Å²) >= 11 is -0.472. The summed E-state index contributed by atoms with van der Waals surface area (Å²) in [6, 6.07) is 10.4. The molecule has 16 heavy (non-hydrogen) atoms. The summed E-state index contributed by atoms with van der Waals surface area (Å²) < 4.78 is 0. The van der Waals surface area contributed by atoms with Crippen molar-refractivity contribution in [1.82, 2.24) is 0 Å². The molecule has 0 amide bonds. The van der Waals surface area contributed by atoms with Gasteiger partial charge >= 0.3 is 35.3 Å². The van der Waals surface area contributed by atoms with Crippen LogP contribution < -0.4 is 11.5 Å². The van der Waals surface area contributed by atoms with Crippen LogP contribution in [-0.4, -0.2) is 12.1 Å². The predicted molar refractivity (Wildman–Crippen MR) is 68.1 cm³/mol. The van der Waals surface area contributed by atoms with E-state index in [2.05, 4.69) is 12.1 Å². The zero-order valence-corrected chi connectivity index (χ0v) is 13.0. The molecule has 0 aliphatic heterocycles. The van der Waals surface area contributed by atoms with Crippen LogP contribution in [0.3, 0.4) is 0 Å². The fourth-order valence-electron chi connectivity index (χ4n) is 1.18. The molecule has 0 spiro atoms. The van der Waals surface area contributed by atoms with E-state index in [1.54, 1.807) is 0 Å². The molecule has 1 unspecified atom stereocenters. The summed E-state index contributed by atoms with van der Waals surface area (Å²) in [4.78, 5) is 0. The first-order chi connectivity index (χ1) is 7.55. The second-order valence-electron chi connectivity index (χ2n) is 3.89. The molecule has 5 heteroatoms. The van der Waals surface area contributed by atoms with Gasteiger partial charge in [-0.2, -0.15) is 0 Å². The van der Waals surface area contributed by atoms with E-state index in [1.807, 2.05) is 25.1 Å². The van der Waals surface area contributed by atoms with Crippen molar-refractivity contribution in [2.45, 2.75) is 25.3 Å². The number of hydrogen-bond acceptors (Lipinski definition) is 2. The van der Waals surface area contributed by atoms with Gasteiger partial charge in [0.1, 0.15) is 0 Å². The van der Waals surface area contributed by atoms with Crippen molar-refractivity contribution < 1.29 is 16.5 Å². The fraction of sp³-hybridized carbons (Fsp3) is 0.455. The van der Waals surface area contributed by atoms with Crippen LogP contribution in [0.15, 0.2) is 30.3 Å². The first-order valence-corrected chi connectivity index (χ1v) is 10.5. The van der Waals surface area contributed by atoms with E-state index in [0.717, 1.165) is 12.8 Å². The zero-order valence-electron chi connectivity index (χ0n) is 9.23. The van der Waals surface area contributed by atoms with Crippen LogP contribution >= 0.6 is 18.8 Å². The summed E-state index contributed by atoms with van der Waals surface area (Å²) in [5.74, 6) is 0. The van der Waals surface area contributed by atoms with E-state index in [0.29, 0.717) is 6.54 Å². The van der Waals surface area contributed by atoms with Crippen molar-refractivity contribution in [3.05, 3.63) is 35.9 Å². The van der Waals surface area contributed by atoms with Crippen molar-refractivity contribution >= 4 is 18.8 Å². The Bertz CT molecular complexity index is 268. The molecule has 0 saturated carbocycles. The van der Waals surface area contributed by atoms with E-state index in [4.69, 9.17) is 30.3 Å². The Hall–Kier alpha value is 0.408. The molecule has 1 aromatic rings. The van der Waals surface area contributed by atoms with Crippen LogP contribution in [0.1, 0.15) is 18.9 Å². The molecule has 0 bridgehead atoms. The number of aryl methyl sites for hydroxylation is 1. The maximum absolute atomic E-state index is 5.94. The molecule has 96 valence electrons. The summed E-state index contributed by atoms with van der Waals surface area (Å²) in [6.45, 7) is 2.54. The van der Waals surface area contributed by atoms with E-state index in [1.165, 1.54) is 5.56 Å². The second kappa shape index (κ2) is 9.44. The topological polar surface area (TPSA) is 52.0 Å². The fourth-order valence-corrected chi connectivity index (χ4v) is 1.18. The van der Waals surface area contributed by atoms with Crippen molar-refractivity contribution in [1.29, 1.82) is 0 Å². The maximum atomic E-state index is 5.94.